The maximum atomic E-state index is 10.9. The highest BCUT2D eigenvalue weighted by Crippen LogP contribution is 2.11. The quantitative estimate of drug-likeness (QED) is 0.478. The van der Waals surface area contributed by atoms with Crippen molar-refractivity contribution in [3.63, 3.8) is 0 Å². The lowest BCUT2D eigenvalue weighted by atomic mass is 9.95. The largest absolute Gasteiger partial charge is 0.599 e. The number of hydroxylamine groups is 2. The van der Waals surface area contributed by atoms with Crippen LogP contribution in [0.15, 0.2) is 0 Å². The van der Waals surface area contributed by atoms with Gasteiger partial charge in [0.05, 0.1) is 0 Å². The first-order valence-electron chi connectivity index (χ1n) is 3.47. The van der Waals surface area contributed by atoms with E-state index < -0.39 is 11.3 Å². The fourth-order valence-electron chi connectivity index (χ4n) is 1.24. The molecule has 1 fully saturated rings. The third kappa shape index (κ3) is 1.53. The summed E-state index contributed by atoms with van der Waals surface area (Å²) in [5, 5.41) is 17.9. The van der Waals surface area contributed by atoms with E-state index in [4.69, 9.17) is 5.21 Å². The number of rotatable bonds is 1. The van der Waals surface area contributed by atoms with E-state index >= 15 is 0 Å². The minimum Gasteiger partial charge on any atom is -0.599 e. The Labute approximate surface area is 59.0 Å². The molecule has 0 spiro atoms. The van der Waals surface area contributed by atoms with E-state index in [0.717, 1.165) is 12.8 Å². The summed E-state index contributed by atoms with van der Waals surface area (Å²) >= 11 is 0. The Morgan fingerprint density at radius 3 is 2.70 bits per heavy atom. The average molecular weight is 145 g/mol. The monoisotopic (exact) mass is 145 g/mol. The molecule has 0 aromatic carbocycles. The second-order valence-electron chi connectivity index (χ2n) is 2.60. The minimum absolute atomic E-state index is 0.0984. The molecule has 1 saturated carbocycles. The molecule has 2 unspecified atom stereocenters. The van der Waals surface area contributed by atoms with E-state index in [-0.39, 0.29) is 5.78 Å². The SMILES string of the molecule is O=C1CCCCC1[NH+]([O-])O. The molecule has 2 atom stereocenters. The zero-order valence-corrected chi connectivity index (χ0v) is 5.67. The van der Waals surface area contributed by atoms with Crippen LogP contribution in [0.5, 0.6) is 0 Å². The lowest BCUT2D eigenvalue weighted by Crippen LogP contribution is -3.10. The van der Waals surface area contributed by atoms with Gasteiger partial charge in [-0.15, -0.1) is 0 Å². The van der Waals surface area contributed by atoms with Crippen molar-refractivity contribution in [2.75, 3.05) is 0 Å². The Hall–Kier alpha value is -0.450. The summed E-state index contributed by atoms with van der Waals surface area (Å²) in [7, 11) is 0. The van der Waals surface area contributed by atoms with Crippen molar-refractivity contribution >= 4 is 5.78 Å². The van der Waals surface area contributed by atoms with Gasteiger partial charge in [-0.05, 0) is 12.8 Å². The van der Waals surface area contributed by atoms with Gasteiger partial charge in [-0.25, -0.2) is 10.4 Å². The number of hydrogen-bond donors (Lipinski definition) is 2. The summed E-state index contributed by atoms with van der Waals surface area (Å²) in [6, 6.07) is -0.700. The van der Waals surface area contributed by atoms with Crippen LogP contribution in [0, 0.1) is 5.21 Å². The molecule has 0 aromatic rings. The van der Waals surface area contributed by atoms with Gasteiger partial charge in [-0.1, -0.05) is 0 Å². The zero-order valence-electron chi connectivity index (χ0n) is 5.67. The molecule has 1 aliphatic carbocycles. The van der Waals surface area contributed by atoms with Crippen molar-refractivity contribution in [2.45, 2.75) is 31.7 Å². The molecule has 4 nitrogen and oxygen atoms in total. The maximum Gasteiger partial charge on any atom is 0.193 e. The van der Waals surface area contributed by atoms with Crippen LogP contribution in [0.1, 0.15) is 25.7 Å². The molecule has 0 heterocycles. The van der Waals surface area contributed by atoms with Crippen molar-refractivity contribution in [2.24, 2.45) is 0 Å². The van der Waals surface area contributed by atoms with Gasteiger partial charge in [0.25, 0.3) is 0 Å². The molecular weight excluding hydrogens is 134 g/mol. The highest BCUT2D eigenvalue weighted by molar-refractivity contribution is 5.83. The summed E-state index contributed by atoms with van der Waals surface area (Å²) in [5.41, 5.74) is 0. The fourth-order valence-corrected chi connectivity index (χ4v) is 1.24. The van der Waals surface area contributed by atoms with Crippen molar-refractivity contribution < 1.29 is 15.2 Å². The summed E-state index contributed by atoms with van der Waals surface area (Å²) < 4.78 is 0. The molecule has 58 valence electrons. The highest BCUT2D eigenvalue weighted by Gasteiger charge is 2.27. The predicted molar refractivity (Wildman–Crippen MR) is 33.4 cm³/mol. The number of ketones is 1. The lowest BCUT2D eigenvalue weighted by Gasteiger charge is -2.25. The van der Waals surface area contributed by atoms with E-state index in [2.05, 4.69) is 0 Å². The number of nitrogens with one attached hydrogen (secondary N) is 1. The summed E-state index contributed by atoms with van der Waals surface area (Å²) in [4.78, 5) is 10.9. The van der Waals surface area contributed by atoms with E-state index in [1.54, 1.807) is 0 Å². The molecule has 0 bridgehead atoms. The molecule has 0 radical (unpaired) electrons. The van der Waals surface area contributed by atoms with E-state index in [0.29, 0.717) is 12.8 Å². The molecule has 0 aliphatic heterocycles. The molecular formula is C6H11NO3. The van der Waals surface area contributed by atoms with Crippen LogP contribution < -0.4 is 5.23 Å². The Balaban J connectivity index is 2.48. The first-order valence-corrected chi connectivity index (χ1v) is 3.47. The van der Waals surface area contributed by atoms with Crippen LogP contribution in [0.4, 0.5) is 0 Å². The third-order valence-corrected chi connectivity index (χ3v) is 1.85. The molecule has 0 saturated heterocycles. The lowest BCUT2D eigenvalue weighted by molar-refractivity contribution is -1.06. The number of quaternary nitrogens is 1. The van der Waals surface area contributed by atoms with Gasteiger partial charge in [-0.2, -0.15) is 0 Å². The molecule has 0 aromatic heterocycles. The first kappa shape index (κ1) is 7.65. The number of hydrogen-bond acceptors (Lipinski definition) is 3. The topological polar surface area (TPSA) is 64.8 Å². The molecule has 1 aliphatic rings. The standard InChI is InChI=1S/C6H11NO3/c8-6-4-2-1-3-5(6)7(9)10/h5,7,9H,1-4H2. The smallest absolute Gasteiger partial charge is 0.193 e. The van der Waals surface area contributed by atoms with Crippen LogP contribution in [0.2, 0.25) is 0 Å². The summed E-state index contributed by atoms with van der Waals surface area (Å²) in [5.74, 6) is -0.0984. The van der Waals surface area contributed by atoms with E-state index in [9.17, 15) is 10.0 Å². The van der Waals surface area contributed by atoms with Crippen molar-refractivity contribution in [1.29, 1.82) is 0 Å². The Kier molecular flexibility index (Phi) is 2.37. The highest BCUT2D eigenvalue weighted by atomic mass is 16.8. The number of Topliss-reactive ketones (excluding diaryl/α,β-unsaturated/α-hetero) is 1. The zero-order chi connectivity index (χ0) is 7.56. The Morgan fingerprint density at radius 2 is 2.30 bits per heavy atom. The minimum atomic E-state index is -0.954. The Morgan fingerprint density at radius 1 is 1.60 bits per heavy atom. The summed E-state index contributed by atoms with van der Waals surface area (Å²) in [6.07, 6.45) is 2.73. The molecule has 10 heavy (non-hydrogen) atoms. The van der Waals surface area contributed by atoms with Crippen LogP contribution in [-0.4, -0.2) is 17.0 Å². The maximum absolute atomic E-state index is 10.9. The molecule has 2 N–H and O–H groups in total. The molecule has 4 heteroatoms. The third-order valence-electron chi connectivity index (χ3n) is 1.85. The van der Waals surface area contributed by atoms with Gasteiger partial charge in [0.15, 0.2) is 11.8 Å². The first-order chi connectivity index (χ1) is 4.72. The van der Waals surface area contributed by atoms with Crippen molar-refractivity contribution in [3.8, 4) is 0 Å². The number of carbonyl (C=O) groups excluding carboxylic acids is 1. The molecule has 1 rings (SSSR count). The second kappa shape index (κ2) is 3.09. The van der Waals surface area contributed by atoms with Gasteiger partial charge in [-0.3, -0.25) is 4.79 Å². The van der Waals surface area contributed by atoms with Crippen LogP contribution in [-0.2, 0) is 4.79 Å². The van der Waals surface area contributed by atoms with Gasteiger partial charge in [0.2, 0.25) is 0 Å². The van der Waals surface area contributed by atoms with Gasteiger partial charge >= 0.3 is 0 Å². The van der Waals surface area contributed by atoms with Crippen LogP contribution in [0.25, 0.3) is 0 Å². The summed E-state index contributed by atoms with van der Waals surface area (Å²) in [6.45, 7) is 0. The van der Waals surface area contributed by atoms with Crippen molar-refractivity contribution in [3.05, 3.63) is 5.21 Å². The van der Waals surface area contributed by atoms with Crippen LogP contribution in [0.3, 0.4) is 0 Å². The van der Waals surface area contributed by atoms with E-state index in [1.807, 2.05) is 0 Å². The van der Waals surface area contributed by atoms with Gasteiger partial charge in [0.1, 0.15) is 0 Å². The predicted octanol–water partition coefficient (Wildman–Crippen LogP) is -0.730. The van der Waals surface area contributed by atoms with Crippen molar-refractivity contribution in [1.82, 2.24) is 0 Å². The van der Waals surface area contributed by atoms with Gasteiger partial charge in [0, 0.05) is 12.8 Å². The second-order valence-corrected chi connectivity index (χ2v) is 2.60. The van der Waals surface area contributed by atoms with E-state index in [1.165, 1.54) is 0 Å². The van der Waals surface area contributed by atoms with Gasteiger partial charge < -0.3 is 5.21 Å². The Bertz CT molecular complexity index is 135. The number of carbonyl (C=O) groups is 1. The normalized spacial score (nSPS) is 30.2. The average Bonchev–Trinajstić information content (AvgIpc) is 1.88. The fraction of sp³-hybridized carbons (Fsp3) is 0.833. The van der Waals surface area contributed by atoms with Crippen LogP contribution >= 0.6 is 0 Å². The molecule has 0 amide bonds.